The predicted octanol–water partition coefficient (Wildman–Crippen LogP) is 2.78. The zero-order valence-electron chi connectivity index (χ0n) is 21.9. The van der Waals surface area contributed by atoms with Crippen molar-refractivity contribution < 1.29 is 29.0 Å². The Kier molecular flexibility index (Phi) is 18.2. The van der Waals surface area contributed by atoms with Gasteiger partial charge in [-0.05, 0) is 31.1 Å². The maximum absolute atomic E-state index is 13.4. The van der Waals surface area contributed by atoms with Crippen LogP contribution in [-0.2, 0) is 23.8 Å². The number of amides is 2. The summed E-state index contributed by atoms with van der Waals surface area (Å²) in [7, 11) is 1.62. The molecule has 0 saturated heterocycles. The summed E-state index contributed by atoms with van der Waals surface area (Å²) in [5.41, 5.74) is 5.64. The Bertz CT molecular complexity index is 591. The molecule has 0 aliphatic heterocycles. The van der Waals surface area contributed by atoms with Crippen LogP contribution >= 0.6 is 12.2 Å². The van der Waals surface area contributed by atoms with Gasteiger partial charge in [0.05, 0.1) is 39.0 Å². The summed E-state index contributed by atoms with van der Waals surface area (Å²) >= 11 is 5.53. The van der Waals surface area contributed by atoms with Gasteiger partial charge in [-0.1, -0.05) is 53.3 Å². The molecular formula is C24H47N3O6S. The van der Waals surface area contributed by atoms with Crippen molar-refractivity contribution in [2.24, 2.45) is 29.4 Å². The molecule has 0 aliphatic rings. The van der Waals surface area contributed by atoms with Crippen LogP contribution < -0.4 is 11.1 Å². The SMILES string of the molecule is CCC[C@H](C(N)=O)[C@@H](CC(C)C)C(=O)N(O)[C@@H](CC(C)C)C(=S)NCCOCCOCCOC. The topological polar surface area (TPSA) is 123 Å². The summed E-state index contributed by atoms with van der Waals surface area (Å²) in [5, 5.41) is 14.8. The Labute approximate surface area is 211 Å². The Morgan fingerprint density at radius 3 is 2.03 bits per heavy atom. The minimum Gasteiger partial charge on any atom is -0.382 e. The van der Waals surface area contributed by atoms with Crippen molar-refractivity contribution in [1.82, 2.24) is 10.4 Å². The Morgan fingerprint density at radius 1 is 0.971 bits per heavy atom. The van der Waals surface area contributed by atoms with Gasteiger partial charge < -0.3 is 25.3 Å². The normalized spacial score (nSPS) is 14.1. The number of carbonyl (C=O) groups excluding carboxylic acids is 2. The van der Waals surface area contributed by atoms with E-state index in [1.165, 1.54) is 0 Å². The first kappa shape index (κ1) is 32.7. The molecule has 0 radical (unpaired) electrons. The fraction of sp³-hybridized carbons (Fsp3) is 0.875. The molecule has 9 nitrogen and oxygen atoms in total. The number of carbonyl (C=O) groups is 2. The molecule has 4 N–H and O–H groups in total. The number of rotatable bonds is 20. The highest BCUT2D eigenvalue weighted by Crippen LogP contribution is 2.28. The lowest BCUT2D eigenvalue weighted by molar-refractivity contribution is -0.179. The van der Waals surface area contributed by atoms with Crippen molar-refractivity contribution in [3.8, 4) is 0 Å². The number of thiocarbonyl (C=S) groups is 1. The van der Waals surface area contributed by atoms with Crippen LogP contribution in [0.2, 0.25) is 0 Å². The van der Waals surface area contributed by atoms with E-state index in [0.717, 1.165) is 5.06 Å². The molecule has 0 aromatic rings. The molecule has 0 unspecified atom stereocenters. The highest BCUT2D eigenvalue weighted by atomic mass is 32.1. The molecule has 200 valence electrons. The molecule has 0 fully saturated rings. The number of hydrogen-bond acceptors (Lipinski definition) is 7. The van der Waals surface area contributed by atoms with E-state index in [-0.39, 0.29) is 11.8 Å². The summed E-state index contributed by atoms with van der Waals surface area (Å²) in [5.74, 6) is -2.01. The van der Waals surface area contributed by atoms with Crippen molar-refractivity contribution >= 4 is 29.0 Å². The van der Waals surface area contributed by atoms with E-state index in [4.69, 9.17) is 32.2 Å². The van der Waals surface area contributed by atoms with Crippen LogP contribution in [0.3, 0.4) is 0 Å². The Hall–Kier alpha value is -1.33. The zero-order chi connectivity index (χ0) is 26.1. The lowest BCUT2D eigenvalue weighted by atomic mass is 9.81. The van der Waals surface area contributed by atoms with Crippen LogP contribution in [0.15, 0.2) is 0 Å². The summed E-state index contributed by atoms with van der Waals surface area (Å²) < 4.78 is 15.8. The van der Waals surface area contributed by atoms with Crippen molar-refractivity contribution in [1.29, 1.82) is 0 Å². The van der Waals surface area contributed by atoms with Crippen LogP contribution in [0.4, 0.5) is 0 Å². The lowest BCUT2D eigenvalue weighted by Gasteiger charge is -2.33. The van der Waals surface area contributed by atoms with Gasteiger partial charge in [-0.15, -0.1) is 0 Å². The van der Waals surface area contributed by atoms with Crippen LogP contribution in [0, 0.1) is 23.7 Å². The smallest absolute Gasteiger partial charge is 0.250 e. The molecule has 0 aromatic carbocycles. The predicted molar refractivity (Wildman–Crippen MR) is 137 cm³/mol. The lowest BCUT2D eigenvalue weighted by Crippen LogP contribution is -2.52. The highest BCUT2D eigenvalue weighted by Gasteiger charge is 2.38. The molecule has 2 amide bonds. The molecule has 0 heterocycles. The number of nitrogens with two attached hydrogens (primary N) is 1. The van der Waals surface area contributed by atoms with Gasteiger partial charge in [0, 0.05) is 19.6 Å². The van der Waals surface area contributed by atoms with E-state index in [1.807, 2.05) is 34.6 Å². The average molecular weight is 506 g/mol. The summed E-state index contributed by atoms with van der Waals surface area (Å²) in [6.07, 6.45) is 2.15. The third kappa shape index (κ3) is 13.5. The Morgan fingerprint density at radius 2 is 1.53 bits per heavy atom. The van der Waals surface area contributed by atoms with Gasteiger partial charge >= 0.3 is 0 Å². The number of methoxy groups -OCH3 is 1. The van der Waals surface area contributed by atoms with Crippen LogP contribution in [-0.4, -0.2) is 79.8 Å². The minimum atomic E-state index is -0.704. The largest absolute Gasteiger partial charge is 0.382 e. The monoisotopic (exact) mass is 505 g/mol. The van der Waals surface area contributed by atoms with E-state index < -0.39 is 29.7 Å². The van der Waals surface area contributed by atoms with Gasteiger partial charge in [0.2, 0.25) is 5.91 Å². The van der Waals surface area contributed by atoms with E-state index >= 15 is 0 Å². The molecule has 0 aliphatic carbocycles. The van der Waals surface area contributed by atoms with E-state index in [2.05, 4.69) is 5.32 Å². The molecule has 0 rings (SSSR count). The summed E-state index contributed by atoms with van der Waals surface area (Å²) in [6.45, 7) is 12.7. The van der Waals surface area contributed by atoms with Crippen molar-refractivity contribution in [3.63, 3.8) is 0 Å². The molecule has 3 atom stereocenters. The molecule has 0 spiro atoms. The third-order valence-corrected chi connectivity index (χ3v) is 5.78. The maximum Gasteiger partial charge on any atom is 0.250 e. The number of hydroxylamine groups is 2. The third-order valence-electron chi connectivity index (χ3n) is 5.36. The van der Waals surface area contributed by atoms with Crippen molar-refractivity contribution in [2.45, 2.75) is 66.3 Å². The highest BCUT2D eigenvalue weighted by molar-refractivity contribution is 7.80. The number of nitrogens with one attached hydrogen (secondary N) is 1. The van der Waals surface area contributed by atoms with Gasteiger partial charge in [-0.2, -0.15) is 0 Å². The fourth-order valence-electron chi connectivity index (χ4n) is 3.71. The van der Waals surface area contributed by atoms with Crippen molar-refractivity contribution in [2.75, 3.05) is 46.7 Å². The second-order valence-electron chi connectivity index (χ2n) is 9.37. The zero-order valence-corrected chi connectivity index (χ0v) is 22.7. The number of nitrogens with zero attached hydrogens (tertiary/aromatic N) is 1. The van der Waals surface area contributed by atoms with Crippen LogP contribution in [0.25, 0.3) is 0 Å². The minimum absolute atomic E-state index is 0.158. The molecule has 0 bridgehead atoms. The Balaban J connectivity index is 5.10. The van der Waals surface area contributed by atoms with E-state index in [1.54, 1.807) is 7.11 Å². The molecule has 34 heavy (non-hydrogen) atoms. The summed E-state index contributed by atoms with van der Waals surface area (Å²) in [6, 6.07) is -0.704. The maximum atomic E-state index is 13.4. The number of hydrogen-bond donors (Lipinski definition) is 3. The fourth-order valence-corrected chi connectivity index (χ4v) is 4.01. The summed E-state index contributed by atoms with van der Waals surface area (Å²) in [4.78, 5) is 25.9. The first-order valence-corrected chi connectivity index (χ1v) is 12.7. The van der Waals surface area contributed by atoms with Gasteiger partial charge in [0.1, 0.15) is 11.0 Å². The van der Waals surface area contributed by atoms with Crippen molar-refractivity contribution in [3.05, 3.63) is 0 Å². The molecule has 0 aromatic heterocycles. The quantitative estimate of drug-likeness (QED) is 0.0999. The van der Waals surface area contributed by atoms with E-state index in [0.29, 0.717) is 70.3 Å². The first-order chi connectivity index (χ1) is 16.1. The van der Waals surface area contributed by atoms with Gasteiger partial charge in [0.25, 0.3) is 5.91 Å². The number of ether oxygens (including phenoxy) is 3. The first-order valence-electron chi connectivity index (χ1n) is 12.3. The van der Waals surface area contributed by atoms with Crippen LogP contribution in [0.5, 0.6) is 0 Å². The molecule has 10 heteroatoms. The van der Waals surface area contributed by atoms with Gasteiger partial charge in [-0.25, -0.2) is 5.06 Å². The van der Waals surface area contributed by atoms with Gasteiger partial charge in [-0.3, -0.25) is 14.8 Å². The second-order valence-corrected chi connectivity index (χ2v) is 9.81. The average Bonchev–Trinajstić information content (AvgIpc) is 2.77. The second kappa shape index (κ2) is 18.9. The number of primary amides is 1. The van der Waals surface area contributed by atoms with Crippen LogP contribution in [0.1, 0.15) is 60.3 Å². The molecular weight excluding hydrogens is 458 g/mol. The van der Waals surface area contributed by atoms with Gasteiger partial charge in [0.15, 0.2) is 0 Å². The molecule has 0 saturated carbocycles. The van der Waals surface area contributed by atoms with E-state index in [9.17, 15) is 14.8 Å². The standard InChI is InChI=1S/C24H47N3O6S/c1-7-8-19(22(25)28)20(15-17(2)3)24(29)27(30)21(16-18(4)5)23(34)26-9-10-32-13-14-33-12-11-31-6/h17-21,30H,7-16H2,1-6H3,(H2,25,28)(H,26,34)/t19-,20+,21-/m0/s1.